The normalized spacial score (nSPS) is 15.8. The minimum atomic E-state index is -3.54. The molecule has 1 aliphatic heterocycles. The van der Waals surface area contributed by atoms with Crippen LogP contribution in [0, 0.1) is 20.8 Å². The molecule has 7 nitrogen and oxygen atoms in total. The molecule has 0 aliphatic carbocycles. The summed E-state index contributed by atoms with van der Waals surface area (Å²) >= 11 is 0. The first-order chi connectivity index (χ1) is 16.6. The summed E-state index contributed by atoms with van der Waals surface area (Å²) in [6.07, 6.45) is 3.22. The van der Waals surface area contributed by atoms with E-state index < -0.39 is 16.1 Å². The lowest BCUT2D eigenvalue weighted by atomic mass is 10.0. The number of aryl methyl sites for hydroxylation is 3. The van der Waals surface area contributed by atoms with Crippen LogP contribution in [-0.4, -0.2) is 36.3 Å². The van der Waals surface area contributed by atoms with E-state index in [9.17, 15) is 18.0 Å². The molecule has 2 aromatic carbocycles. The van der Waals surface area contributed by atoms with Crippen molar-refractivity contribution < 1.29 is 13.2 Å². The molecule has 1 unspecified atom stereocenters. The minimum absolute atomic E-state index is 0.216. The summed E-state index contributed by atoms with van der Waals surface area (Å²) in [4.78, 5) is 26.6. The number of rotatable bonds is 6. The Balaban J connectivity index is 1.63. The lowest BCUT2D eigenvalue weighted by Gasteiger charge is -2.26. The second-order valence-corrected chi connectivity index (χ2v) is 11.4. The summed E-state index contributed by atoms with van der Waals surface area (Å²) in [6.45, 7) is 8.83. The van der Waals surface area contributed by atoms with Crippen LogP contribution in [0.2, 0.25) is 0 Å². The van der Waals surface area contributed by atoms with Gasteiger partial charge in [-0.1, -0.05) is 25.0 Å². The van der Waals surface area contributed by atoms with Crippen molar-refractivity contribution in [2.75, 3.05) is 18.4 Å². The van der Waals surface area contributed by atoms with Gasteiger partial charge < -0.3 is 5.32 Å². The number of sulfonamides is 1. The molecule has 1 saturated heterocycles. The maximum atomic E-state index is 13.3. The third-order valence-electron chi connectivity index (χ3n) is 6.76. The lowest BCUT2D eigenvalue weighted by Crippen LogP contribution is -2.35. The number of amides is 1. The molecule has 1 aromatic heterocycles. The smallest absolute Gasteiger partial charge is 0.252 e. The number of benzene rings is 2. The standard InChI is InChI=1S/C27H33N3O4S/c1-5-24(30-25(31)17-19(3)23-16-18(2)15-20(4)26(23)30)27(32)28-21-9-11-22(12-10-21)35(33,34)29-13-7-6-8-14-29/h9-12,15-17,24H,5-8,13-14H2,1-4H3,(H,28,32). The van der Waals surface area contributed by atoms with Gasteiger partial charge in [-0.05, 0) is 81.5 Å². The second-order valence-electron chi connectivity index (χ2n) is 9.42. The van der Waals surface area contributed by atoms with Crippen molar-refractivity contribution in [3.05, 3.63) is 69.5 Å². The Kier molecular flexibility index (Phi) is 7.15. The lowest BCUT2D eigenvalue weighted by molar-refractivity contribution is -0.119. The van der Waals surface area contributed by atoms with Crippen LogP contribution in [0.1, 0.15) is 55.3 Å². The summed E-state index contributed by atoms with van der Waals surface area (Å²) in [5.41, 5.74) is 3.97. The maximum absolute atomic E-state index is 13.3. The number of hydrogen-bond acceptors (Lipinski definition) is 4. The van der Waals surface area contributed by atoms with Crippen LogP contribution in [-0.2, 0) is 14.8 Å². The molecule has 8 heteroatoms. The van der Waals surface area contributed by atoms with Gasteiger partial charge in [-0.3, -0.25) is 14.2 Å². The Bertz CT molecular complexity index is 1420. The molecule has 1 N–H and O–H groups in total. The highest BCUT2D eigenvalue weighted by atomic mass is 32.2. The van der Waals surface area contributed by atoms with Gasteiger partial charge in [0.25, 0.3) is 5.56 Å². The fourth-order valence-electron chi connectivity index (χ4n) is 5.01. The van der Waals surface area contributed by atoms with Gasteiger partial charge >= 0.3 is 0 Å². The van der Waals surface area contributed by atoms with E-state index >= 15 is 0 Å². The van der Waals surface area contributed by atoms with Crippen LogP contribution in [0.5, 0.6) is 0 Å². The number of hydrogen-bond donors (Lipinski definition) is 1. The predicted molar refractivity (Wildman–Crippen MR) is 139 cm³/mol. The molecular formula is C27H33N3O4S. The zero-order valence-corrected chi connectivity index (χ0v) is 21.6. The monoisotopic (exact) mass is 495 g/mol. The minimum Gasteiger partial charge on any atom is -0.324 e. The molecule has 2 heterocycles. The Morgan fingerprint density at radius 2 is 1.63 bits per heavy atom. The number of nitrogens with one attached hydrogen (secondary N) is 1. The average Bonchev–Trinajstić information content (AvgIpc) is 2.82. The van der Waals surface area contributed by atoms with Crippen LogP contribution in [0.15, 0.2) is 52.2 Å². The van der Waals surface area contributed by atoms with Crippen LogP contribution in [0.25, 0.3) is 10.9 Å². The van der Waals surface area contributed by atoms with Crippen molar-refractivity contribution in [1.29, 1.82) is 0 Å². The van der Waals surface area contributed by atoms with Crippen molar-refractivity contribution in [2.24, 2.45) is 0 Å². The molecule has 0 bridgehead atoms. The molecule has 1 atom stereocenters. The molecule has 1 amide bonds. The fourth-order valence-corrected chi connectivity index (χ4v) is 6.52. The Labute approximate surface area is 206 Å². The van der Waals surface area contributed by atoms with E-state index in [1.807, 2.05) is 39.8 Å². The highest BCUT2D eigenvalue weighted by Gasteiger charge is 2.27. The molecule has 4 rings (SSSR count). The Morgan fingerprint density at radius 1 is 0.971 bits per heavy atom. The second kappa shape index (κ2) is 9.95. The fraction of sp³-hybridized carbons (Fsp3) is 0.407. The number of aromatic nitrogens is 1. The summed E-state index contributed by atoms with van der Waals surface area (Å²) in [5, 5.41) is 3.84. The Hall–Kier alpha value is -2.97. The van der Waals surface area contributed by atoms with E-state index in [0.717, 1.165) is 46.9 Å². The summed E-state index contributed by atoms with van der Waals surface area (Å²) in [7, 11) is -3.54. The zero-order chi connectivity index (χ0) is 25.3. The van der Waals surface area contributed by atoms with Crippen molar-refractivity contribution in [1.82, 2.24) is 8.87 Å². The van der Waals surface area contributed by atoms with Gasteiger partial charge in [0.1, 0.15) is 6.04 Å². The molecule has 186 valence electrons. The number of carbonyl (C=O) groups excluding carboxylic acids is 1. The maximum Gasteiger partial charge on any atom is 0.252 e. The highest BCUT2D eigenvalue weighted by molar-refractivity contribution is 7.89. The first kappa shape index (κ1) is 25.1. The molecule has 0 radical (unpaired) electrons. The molecule has 0 spiro atoms. The van der Waals surface area contributed by atoms with Gasteiger partial charge in [-0.15, -0.1) is 0 Å². The number of pyridine rings is 1. The van der Waals surface area contributed by atoms with E-state index in [-0.39, 0.29) is 16.4 Å². The van der Waals surface area contributed by atoms with Crippen molar-refractivity contribution >= 4 is 32.5 Å². The van der Waals surface area contributed by atoms with Gasteiger partial charge in [-0.2, -0.15) is 4.31 Å². The quantitative estimate of drug-likeness (QED) is 0.537. The third-order valence-corrected chi connectivity index (χ3v) is 8.68. The zero-order valence-electron chi connectivity index (χ0n) is 20.8. The van der Waals surface area contributed by atoms with Crippen LogP contribution in [0.3, 0.4) is 0 Å². The average molecular weight is 496 g/mol. The molecule has 0 saturated carbocycles. The number of carbonyl (C=O) groups is 1. The summed E-state index contributed by atoms with van der Waals surface area (Å²) in [5.74, 6) is -0.314. The molecule has 1 aliphatic rings. The highest BCUT2D eigenvalue weighted by Crippen LogP contribution is 2.27. The number of anilines is 1. The van der Waals surface area contributed by atoms with E-state index in [2.05, 4.69) is 5.32 Å². The largest absolute Gasteiger partial charge is 0.324 e. The molecule has 35 heavy (non-hydrogen) atoms. The SMILES string of the molecule is CCC(C(=O)Nc1ccc(S(=O)(=O)N2CCCCC2)cc1)n1c(=O)cc(C)c2cc(C)cc(C)c21. The van der Waals surface area contributed by atoms with Crippen molar-refractivity contribution in [3.8, 4) is 0 Å². The molecule has 1 fully saturated rings. The molecular weight excluding hydrogens is 462 g/mol. The first-order valence-electron chi connectivity index (χ1n) is 12.2. The summed E-state index contributed by atoms with van der Waals surface area (Å²) in [6, 6.07) is 11.2. The van der Waals surface area contributed by atoms with E-state index in [4.69, 9.17) is 0 Å². The van der Waals surface area contributed by atoms with E-state index in [1.165, 1.54) is 16.4 Å². The van der Waals surface area contributed by atoms with Crippen molar-refractivity contribution in [3.63, 3.8) is 0 Å². The number of nitrogens with zero attached hydrogens (tertiary/aromatic N) is 2. The Morgan fingerprint density at radius 3 is 2.26 bits per heavy atom. The van der Waals surface area contributed by atoms with Crippen LogP contribution >= 0.6 is 0 Å². The van der Waals surface area contributed by atoms with Crippen molar-refractivity contribution in [2.45, 2.75) is 64.3 Å². The number of fused-ring (bicyclic) bond motifs is 1. The van der Waals surface area contributed by atoms with Gasteiger partial charge in [0, 0.05) is 30.2 Å². The van der Waals surface area contributed by atoms with E-state index in [0.29, 0.717) is 25.2 Å². The van der Waals surface area contributed by atoms with Gasteiger partial charge in [0.15, 0.2) is 0 Å². The number of piperidine rings is 1. The van der Waals surface area contributed by atoms with Gasteiger partial charge in [0.2, 0.25) is 15.9 Å². The topological polar surface area (TPSA) is 88.5 Å². The van der Waals surface area contributed by atoms with Crippen LogP contribution in [0.4, 0.5) is 5.69 Å². The van der Waals surface area contributed by atoms with Gasteiger partial charge in [0.05, 0.1) is 10.4 Å². The first-order valence-corrected chi connectivity index (χ1v) is 13.6. The van der Waals surface area contributed by atoms with Crippen LogP contribution < -0.4 is 10.9 Å². The predicted octanol–water partition coefficient (Wildman–Crippen LogP) is 4.69. The third kappa shape index (κ3) is 4.90. The van der Waals surface area contributed by atoms with E-state index in [1.54, 1.807) is 22.8 Å². The molecule has 3 aromatic rings. The van der Waals surface area contributed by atoms with Gasteiger partial charge in [-0.25, -0.2) is 8.42 Å². The summed E-state index contributed by atoms with van der Waals surface area (Å²) < 4.78 is 28.9.